The molecule has 6 nitrogen and oxygen atoms in total. The van der Waals surface area contributed by atoms with Crippen LogP contribution in [0.2, 0.25) is 10.0 Å². The van der Waals surface area contributed by atoms with Gasteiger partial charge in [0.15, 0.2) is 0 Å². The molecule has 9 heteroatoms. The molecule has 0 aliphatic heterocycles. The molecule has 2 aromatic carbocycles. The number of nitrogens with zero attached hydrogens (tertiary/aromatic N) is 1. The molecule has 1 aromatic heterocycles. The summed E-state index contributed by atoms with van der Waals surface area (Å²) in [5, 5.41) is 18.7. The summed E-state index contributed by atoms with van der Waals surface area (Å²) in [6, 6.07) is 14.6. The van der Waals surface area contributed by atoms with Crippen molar-refractivity contribution in [1.29, 1.82) is 0 Å². The van der Waals surface area contributed by atoms with Crippen molar-refractivity contribution < 1.29 is 14.7 Å². The molecule has 0 unspecified atom stereocenters. The molecule has 3 rings (SSSR count). The molecule has 0 atom stereocenters. The highest BCUT2D eigenvalue weighted by molar-refractivity contribution is 7.10. The standard InChI is InChI=1S/C21H15Cl2N3O3S/c22-14-7-8-19(27)13(10-14)12-24-26-21(29)18(11-15-4-3-9-30-15)25-20(28)16-5-1-2-6-17(16)23/h1-12,27H,(H,25,28)(H,26,29). The lowest BCUT2D eigenvalue weighted by molar-refractivity contribution is -0.117. The number of carbonyl (C=O) groups excluding carboxylic acids is 2. The molecule has 0 saturated carbocycles. The van der Waals surface area contributed by atoms with E-state index in [1.807, 2.05) is 11.4 Å². The summed E-state index contributed by atoms with van der Waals surface area (Å²) in [6.07, 6.45) is 2.78. The predicted octanol–water partition coefficient (Wildman–Crippen LogP) is 4.68. The minimum Gasteiger partial charge on any atom is -0.507 e. The Hall–Kier alpha value is -3.13. The third-order valence-electron chi connectivity index (χ3n) is 3.80. The van der Waals surface area contributed by atoms with Crippen LogP contribution in [0.4, 0.5) is 0 Å². The average Bonchev–Trinajstić information content (AvgIpc) is 3.23. The van der Waals surface area contributed by atoms with Crippen LogP contribution < -0.4 is 10.7 Å². The van der Waals surface area contributed by atoms with Gasteiger partial charge in [0.2, 0.25) is 0 Å². The average molecular weight is 460 g/mol. The Labute approximate surface area is 186 Å². The van der Waals surface area contributed by atoms with E-state index in [4.69, 9.17) is 23.2 Å². The number of carbonyl (C=O) groups is 2. The normalized spacial score (nSPS) is 11.5. The highest BCUT2D eigenvalue weighted by atomic mass is 35.5. The number of nitrogens with one attached hydrogen (secondary N) is 2. The molecule has 3 N–H and O–H groups in total. The van der Waals surface area contributed by atoms with Gasteiger partial charge in [0.05, 0.1) is 16.8 Å². The van der Waals surface area contributed by atoms with Crippen LogP contribution in [0.5, 0.6) is 5.75 Å². The van der Waals surface area contributed by atoms with Gasteiger partial charge in [0.1, 0.15) is 11.4 Å². The van der Waals surface area contributed by atoms with Gasteiger partial charge >= 0.3 is 0 Å². The van der Waals surface area contributed by atoms with Crippen molar-refractivity contribution in [2.75, 3.05) is 0 Å². The van der Waals surface area contributed by atoms with Gasteiger partial charge in [-0.05, 0) is 47.9 Å². The third kappa shape index (κ3) is 5.70. The zero-order chi connectivity index (χ0) is 21.5. The number of phenolic OH excluding ortho intramolecular Hbond substituents is 1. The number of amides is 2. The quantitative estimate of drug-likeness (QED) is 0.283. The Balaban J connectivity index is 1.79. The highest BCUT2D eigenvalue weighted by Gasteiger charge is 2.16. The molecule has 30 heavy (non-hydrogen) atoms. The van der Waals surface area contributed by atoms with Gasteiger partial charge < -0.3 is 10.4 Å². The van der Waals surface area contributed by atoms with Gasteiger partial charge in [0, 0.05) is 15.5 Å². The molecule has 1 heterocycles. The van der Waals surface area contributed by atoms with E-state index in [0.29, 0.717) is 10.6 Å². The van der Waals surface area contributed by atoms with Crippen LogP contribution in [0, 0.1) is 0 Å². The van der Waals surface area contributed by atoms with Crippen LogP contribution in [0.1, 0.15) is 20.8 Å². The van der Waals surface area contributed by atoms with Gasteiger partial charge in [-0.3, -0.25) is 9.59 Å². The Kier molecular flexibility index (Phi) is 7.24. The minimum atomic E-state index is -0.651. The fourth-order valence-corrected chi connectivity index (χ4v) is 3.42. The van der Waals surface area contributed by atoms with E-state index in [2.05, 4.69) is 15.8 Å². The predicted molar refractivity (Wildman–Crippen MR) is 120 cm³/mol. The number of phenols is 1. The van der Waals surface area contributed by atoms with Crippen LogP contribution >= 0.6 is 34.5 Å². The number of hydrazone groups is 1. The second-order valence-electron chi connectivity index (χ2n) is 5.91. The van der Waals surface area contributed by atoms with Gasteiger partial charge in [0.25, 0.3) is 11.8 Å². The van der Waals surface area contributed by atoms with E-state index in [1.54, 1.807) is 30.3 Å². The van der Waals surface area contributed by atoms with E-state index in [9.17, 15) is 14.7 Å². The number of hydrogen-bond acceptors (Lipinski definition) is 5. The monoisotopic (exact) mass is 459 g/mol. The Morgan fingerprint density at radius 1 is 1.07 bits per heavy atom. The maximum absolute atomic E-state index is 12.6. The third-order valence-corrected chi connectivity index (χ3v) is 5.18. The molecule has 3 aromatic rings. The van der Waals surface area contributed by atoms with E-state index in [0.717, 1.165) is 4.88 Å². The largest absolute Gasteiger partial charge is 0.507 e. The maximum Gasteiger partial charge on any atom is 0.287 e. The van der Waals surface area contributed by atoms with Crippen LogP contribution in [0.25, 0.3) is 6.08 Å². The second kappa shape index (κ2) is 10.1. The molecule has 152 valence electrons. The summed E-state index contributed by atoms with van der Waals surface area (Å²) < 4.78 is 0. The Morgan fingerprint density at radius 3 is 2.60 bits per heavy atom. The Morgan fingerprint density at radius 2 is 1.87 bits per heavy atom. The molecule has 2 amide bonds. The van der Waals surface area contributed by atoms with Gasteiger partial charge in [-0.1, -0.05) is 41.4 Å². The first-order valence-electron chi connectivity index (χ1n) is 8.57. The lowest BCUT2D eigenvalue weighted by atomic mass is 10.2. The lowest BCUT2D eigenvalue weighted by Crippen LogP contribution is -2.32. The molecular weight excluding hydrogens is 445 g/mol. The smallest absolute Gasteiger partial charge is 0.287 e. The van der Waals surface area contributed by atoms with Gasteiger partial charge in [-0.15, -0.1) is 11.3 Å². The number of aromatic hydroxyl groups is 1. The van der Waals surface area contributed by atoms with Gasteiger partial charge in [-0.25, -0.2) is 5.43 Å². The van der Waals surface area contributed by atoms with Crippen molar-refractivity contribution in [3.05, 3.63) is 91.7 Å². The molecule has 0 fully saturated rings. The SMILES string of the molecule is O=C(NN=Cc1cc(Cl)ccc1O)C(=Cc1cccs1)NC(=O)c1ccccc1Cl. The molecule has 0 saturated heterocycles. The molecule has 0 bridgehead atoms. The second-order valence-corrected chi connectivity index (χ2v) is 7.73. The number of halogens is 2. The topological polar surface area (TPSA) is 90.8 Å². The zero-order valence-corrected chi connectivity index (χ0v) is 17.6. The van der Waals surface area contributed by atoms with Gasteiger partial charge in [-0.2, -0.15) is 5.10 Å². The summed E-state index contributed by atoms with van der Waals surface area (Å²) in [6.45, 7) is 0. The molecule has 0 spiro atoms. The van der Waals surface area contributed by atoms with Crippen molar-refractivity contribution >= 4 is 58.6 Å². The molecule has 0 aliphatic carbocycles. The number of rotatable bonds is 6. The van der Waals surface area contributed by atoms with E-state index >= 15 is 0 Å². The summed E-state index contributed by atoms with van der Waals surface area (Å²) in [4.78, 5) is 26.0. The van der Waals surface area contributed by atoms with Crippen molar-refractivity contribution in [2.45, 2.75) is 0 Å². The fraction of sp³-hybridized carbons (Fsp3) is 0. The van der Waals surface area contributed by atoms with E-state index in [1.165, 1.54) is 41.8 Å². The van der Waals surface area contributed by atoms with Crippen molar-refractivity contribution in [3.63, 3.8) is 0 Å². The van der Waals surface area contributed by atoms with Crippen LogP contribution in [0.3, 0.4) is 0 Å². The van der Waals surface area contributed by atoms with Crippen LogP contribution in [-0.4, -0.2) is 23.1 Å². The summed E-state index contributed by atoms with van der Waals surface area (Å²) >= 11 is 13.4. The number of benzene rings is 2. The van der Waals surface area contributed by atoms with Crippen molar-refractivity contribution in [3.8, 4) is 5.75 Å². The summed E-state index contributed by atoms with van der Waals surface area (Å²) in [7, 11) is 0. The highest BCUT2D eigenvalue weighted by Crippen LogP contribution is 2.20. The number of hydrogen-bond donors (Lipinski definition) is 3. The maximum atomic E-state index is 12.6. The number of thiophene rings is 1. The minimum absolute atomic E-state index is 0.0187. The van der Waals surface area contributed by atoms with E-state index < -0.39 is 11.8 Å². The first-order chi connectivity index (χ1) is 14.4. The lowest BCUT2D eigenvalue weighted by Gasteiger charge is -2.09. The van der Waals surface area contributed by atoms with Crippen LogP contribution in [-0.2, 0) is 4.79 Å². The molecule has 0 radical (unpaired) electrons. The van der Waals surface area contributed by atoms with Crippen molar-refractivity contribution in [2.24, 2.45) is 5.10 Å². The summed E-state index contributed by atoms with van der Waals surface area (Å²) in [5.41, 5.74) is 2.87. The Bertz CT molecular complexity index is 1130. The van der Waals surface area contributed by atoms with Crippen LogP contribution in [0.15, 0.2) is 70.8 Å². The first kappa shape index (κ1) is 21.6. The molecule has 0 aliphatic rings. The summed E-state index contributed by atoms with van der Waals surface area (Å²) in [5.74, 6) is -1.23. The first-order valence-corrected chi connectivity index (χ1v) is 10.2. The van der Waals surface area contributed by atoms with E-state index in [-0.39, 0.29) is 22.0 Å². The fourth-order valence-electron chi connectivity index (χ4n) is 2.36. The zero-order valence-electron chi connectivity index (χ0n) is 15.3. The molecular formula is C21H15Cl2N3O3S. The van der Waals surface area contributed by atoms with Crippen molar-refractivity contribution in [1.82, 2.24) is 10.7 Å².